The van der Waals surface area contributed by atoms with Gasteiger partial charge < -0.3 is 15.2 Å². The Balaban J connectivity index is 2.14. The lowest BCUT2D eigenvalue weighted by molar-refractivity contribution is -0.120. The standard InChI is InChI=1S/C14H21NO3/c1-2-3-8-18-9-7-15-14(17)11-12-5-4-6-13(16)10-12/h4-6,10,16H,2-3,7-9,11H2,1H3,(H,15,17). The number of benzene rings is 1. The summed E-state index contributed by atoms with van der Waals surface area (Å²) in [7, 11) is 0. The van der Waals surface area contributed by atoms with Gasteiger partial charge in [-0.15, -0.1) is 0 Å². The minimum Gasteiger partial charge on any atom is -0.508 e. The lowest BCUT2D eigenvalue weighted by Crippen LogP contribution is -2.28. The number of unbranched alkanes of at least 4 members (excludes halogenated alkanes) is 1. The largest absolute Gasteiger partial charge is 0.508 e. The fourth-order valence-corrected chi connectivity index (χ4v) is 1.53. The van der Waals surface area contributed by atoms with Crippen molar-refractivity contribution in [3.8, 4) is 5.75 Å². The molecule has 1 amide bonds. The summed E-state index contributed by atoms with van der Waals surface area (Å²) in [5.74, 6) is 0.128. The van der Waals surface area contributed by atoms with E-state index >= 15 is 0 Å². The van der Waals surface area contributed by atoms with Gasteiger partial charge in [-0.3, -0.25) is 4.79 Å². The fourth-order valence-electron chi connectivity index (χ4n) is 1.53. The molecular formula is C14H21NO3. The van der Waals surface area contributed by atoms with Gasteiger partial charge in [0.2, 0.25) is 5.91 Å². The first kappa shape index (κ1) is 14.5. The Hall–Kier alpha value is -1.55. The van der Waals surface area contributed by atoms with Crippen LogP contribution >= 0.6 is 0 Å². The van der Waals surface area contributed by atoms with Crippen LogP contribution in [0.3, 0.4) is 0 Å². The summed E-state index contributed by atoms with van der Waals surface area (Å²) in [4.78, 5) is 11.6. The summed E-state index contributed by atoms with van der Waals surface area (Å²) >= 11 is 0. The second-order valence-electron chi connectivity index (χ2n) is 4.16. The van der Waals surface area contributed by atoms with E-state index in [0.717, 1.165) is 25.0 Å². The maximum absolute atomic E-state index is 11.6. The highest BCUT2D eigenvalue weighted by Gasteiger charge is 2.03. The van der Waals surface area contributed by atoms with E-state index in [2.05, 4.69) is 12.2 Å². The third-order valence-electron chi connectivity index (χ3n) is 2.49. The highest BCUT2D eigenvalue weighted by atomic mass is 16.5. The average Bonchev–Trinajstić information content (AvgIpc) is 2.33. The van der Waals surface area contributed by atoms with Gasteiger partial charge in [-0.25, -0.2) is 0 Å². The van der Waals surface area contributed by atoms with Crippen LogP contribution in [-0.2, 0) is 16.0 Å². The summed E-state index contributed by atoms with van der Waals surface area (Å²) < 4.78 is 5.34. The van der Waals surface area contributed by atoms with Gasteiger partial charge in [-0.05, 0) is 24.1 Å². The van der Waals surface area contributed by atoms with Crippen molar-refractivity contribution in [1.29, 1.82) is 0 Å². The van der Waals surface area contributed by atoms with Crippen molar-refractivity contribution < 1.29 is 14.6 Å². The zero-order valence-corrected chi connectivity index (χ0v) is 10.8. The number of ether oxygens (including phenoxy) is 1. The van der Waals surface area contributed by atoms with Crippen LogP contribution in [0.15, 0.2) is 24.3 Å². The van der Waals surface area contributed by atoms with E-state index in [9.17, 15) is 9.90 Å². The molecule has 0 heterocycles. The number of carbonyl (C=O) groups is 1. The van der Waals surface area contributed by atoms with Crippen molar-refractivity contribution >= 4 is 5.91 Å². The molecule has 0 fully saturated rings. The molecule has 0 bridgehead atoms. The predicted octanol–water partition coefficient (Wildman–Crippen LogP) is 1.87. The van der Waals surface area contributed by atoms with Gasteiger partial charge in [0.25, 0.3) is 0 Å². The maximum Gasteiger partial charge on any atom is 0.224 e. The van der Waals surface area contributed by atoms with E-state index in [4.69, 9.17) is 4.74 Å². The Morgan fingerprint density at radius 2 is 2.22 bits per heavy atom. The first-order valence-electron chi connectivity index (χ1n) is 6.34. The first-order valence-corrected chi connectivity index (χ1v) is 6.34. The third-order valence-corrected chi connectivity index (χ3v) is 2.49. The minimum absolute atomic E-state index is 0.0558. The second kappa shape index (κ2) is 8.53. The van der Waals surface area contributed by atoms with E-state index in [1.54, 1.807) is 18.2 Å². The van der Waals surface area contributed by atoms with E-state index in [-0.39, 0.29) is 18.1 Å². The highest BCUT2D eigenvalue weighted by molar-refractivity contribution is 5.78. The molecule has 4 nitrogen and oxygen atoms in total. The van der Waals surface area contributed by atoms with E-state index in [1.807, 2.05) is 6.07 Å². The number of aromatic hydroxyl groups is 1. The van der Waals surface area contributed by atoms with Crippen molar-refractivity contribution in [2.75, 3.05) is 19.8 Å². The molecule has 0 aliphatic heterocycles. The molecule has 0 saturated heterocycles. The quantitative estimate of drug-likeness (QED) is 0.693. The molecule has 1 rings (SSSR count). The molecule has 2 N–H and O–H groups in total. The summed E-state index contributed by atoms with van der Waals surface area (Å²) in [6.07, 6.45) is 2.45. The van der Waals surface area contributed by atoms with E-state index < -0.39 is 0 Å². The molecule has 0 aliphatic rings. The van der Waals surface area contributed by atoms with Crippen molar-refractivity contribution in [1.82, 2.24) is 5.32 Å². The molecule has 0 aromatic heterocycles. The molecule has 1 aromatic rings. The molecule has 1 aromatic carbocycles. The molecule has 0 saturated carbocycles. The van der Waals surface area contributed by atoms with Crippen LogP contribution in [-0.4, -0.2) is 30.8 Å². The van der Waals surface area contributed by atoms with Crippen LogP contribution in [0.1, 0.15) is 25.3 Å². The number of phenolic OH excluding ortho intramolecular Hbond substituents is 1. The van der Waals surface area contributed by atoms with Gasteiger partial charge >= 0.3 is 0 Å². The van der Waals surface area contributed by atoms with Gasteiger partial charge in [0, 0.05) is 13.2 Å². The Morgan fingerprint density at radius 1 is 1.39 bits per heavy atom. The average molecular weight is 251 g/mol. The fraction of sp³-hybridized carbons (Fsp3) is 0.500. The van der Waals surface area contributed by atoms with Crippen molar-refractivity contribution in [3.63, 3.8) is 0 Å². The first-order chi connectivity index (χ1) is 8.72. The van der Waals surface area contributed by atoms with Crippen LogP contribution in [0.5, 0.6) is 5.75 Å². The third kappa shape index (κ3) is 6.25. The van der Waals surface area contributed by atoms with E-state index in [0.29, 0.717) is 13.2 Å². The van der Waals surface area contributed by atoms with Gasteiger partial charge in [0.05, 0.1) is 13.0 Å². The summed E-state index contributed by atoms with van der Waals surface area (Å²) in [5, 5.41) is 12.1. The van der Waals surface area contributed by atoms with Crippen molar-refractivity contribution in [3.05, 3.63) is 29.8 Å². The molecular weight excluding hydrogens is 230 g/mol. The van der Waals surface area contributed by atoms with Crippen LogP contribution in [0.25, 0.3) is 0 Å². The SMILES string of the molecule is CCCCOCCNC(=O)Cc1cccc(O)c1. The van der Waals surface area contributed by atoms with Gasteiger partial charge in [-0.2, -0.15) is 0 Å². The molecule has 4 heteroatoms. The van der Waals surface area contributed by atoms with Crippen molar-refractivity contribution in [2.24, 2.45) is 0 Å². The number of amides is 1. The molecule has 0 radical (unpaired) electrons. The number of rotatable bonds is 8. The van der Waals surface area contributed by atoms with Gasteiger partial charge in [-0.1, -0.05) is 25.5 Å². The number of hydrogen-bond donors (Lipinski definition) is 2. The van der Waals surface area contributed by atoms with Crippen LogP contribution < -0.4 is 5.32 Å². The summed E-state index contributed by atoms with van der Waals surface area (Å²) in [6, 6.07) is 6.73. The second-order valence-corrected chi connectivity index (χ2v) is 4.16. The molecule has 0 aliphatic carbocycles. The monoisotopic (exact) mass is 251 g/mol. The topological polar surface area (TPSA) is 58.6 Å². The Bertz CT molecular complexity index is 366. The molecule has 100 valence electrons. The molecule has 0 spiro atoms. The zero-order chi connectivity index (χ0) is 13.2. The number of nitrogens with one attached hydrogen (secondary N) is 1. The number of hydrogen-bond acceptors (Lipinski definition) is 3. The molecule has 18 heavy (non-hydrogen) atoms. The van der Waals surface area contributed by atoms with Gasteiger partial charge in [0.15, 0.2) is 0 Å². The van der Waals surface area contributed by atoms with Crippen LogP contribution in [0.4, 0.5) is 0 Å². The van der Waals surface area contributed by atoms with E-state index in [1.165, 1.54) is 0 Å². The smallest absolute Gasteiger partial charge is 0.224 e. The summed E-state index contributed by atoms with van der Waals surface area (Å²) in [5.41, 5.74) is 0.805. The Labute approximate surface area is 108 Å². The summed E-state index contributed by atoms with van der Waals surface area (Å²) in [6.45, 7) is 3.94. The zero-order valence-electron chi connectivity index (χ0n) is 10.8. The normalized spacial score (nSPS) is 10.3. The minimum atomic E-state index is -0.0558. The van der Waals surface area contributed by atoms with Crippen LogP contribution in [0, 0.1) is 0 Å². The van der Waals surface area contributed by atoms with Crippen LogP contribution in [0.2, 0.25) is 0 Å². The predicted molar refractivity (Wildman–Crippen MR) is 70.5 cm³/mol. The lowest BCUT2D eigenvalue weighted by atomic mass is 10.1. The molecule has 0 unspecified atom stereocenters. The highest BCUT2D eigenvalue weighted by Crippen LogP contribution is 2.10. The lowest BCUT2D eigenvalue weighted by Gasteiger charge is -2.06. The Morgan fingerprint density at radius 3 is 2.94 bits per heavy atom. The number of phenols is 1. The molecule has 0 atom stereocenters. The Kier molecular flexibility index (Phi) is 6.87. The van der Waals surface area contributed by atoms with Crippen molar-refractivity contribution in [2.45, 2.75) is 26.2 Å². The maximum atomic E-state index is 11.6. The number of carbonyl (C=O) groups excluding carboxylic acids is 1. The van der Waals surface area contributed by atoms with Gasteiger partial charge in [0.1, 0.15) is 5.75 Å².